The number of hydrogen-bond donors (Lipinski definition) is 2. The summed E-state index contributed by atoms with van der Waals surface area (Å²) in [7, 11) is 0. The number of halogens is 3. The van der Waals surface area contributed by atoms with E-state index in [4.69, 9.17) is 10.5 Å². The van der Waals surface area contributed by atoms with E-state index in [1.807, 2.05) is 6.07 Å². The summed E-state index contributed by atoms with van der Waals surface area (Å²) in [6, 6.07) is 14.2. The maximum absolute atomic E-state index is 12.8. The van der Waals surface area contributed by atoms with Crippen molar-refractivity contribution < 1.29 is 32.3 Å². The van der Waals surface area contributed by atoms with Gasteiger partial charge < -0.3 is 20.7 Å². The van der Waals surface area contributed by atoms with Crippen LogP contribution in [0.25, 0.3) is 0 Å². The number of rotatable bonds is 6. The monoisotopic (exact) mass is 476 g/mol. The van der Waals surface area contributed by atoms with Gasteiger partial charge in [-0.1, -0.05) is 18.2 Å². The number of carbonyl (C=O) groups is 3. The van der Waals surface area contributed by atoms with Crippen LogP contribution in [0, 0.1) is 0 Å². The molecule has 1 heterocycles. The molecular weight excluding hydrogens is 453 g/mol. The predicted octanol–water partition coefficient (Wildman–Crippen LogP) is 2.74. The summed E-state index contributed by atoms with van der Waals surface area (Å²) in [5.74, 6) is -3.30. The van der Waals surface area contributed by atoms with Crippen molar-refractivity contribution in [2.45, 2.75) is 25.1 Å². The van der Waals surface area contributed by atoms with Crippen LogP contribution >= 0.6 is 0 Å². The molecule has 1 fully saturated rings. The number of amidine groups is 1. The molecule has 0 aliphatic carbocycles. The maximum atomic E-state index is 12.8. The summed E-state index contributed by atoms with van der Waals surface area (Å²) in [5, 5.41) is 2.68. The Morgan fingerprint density at radius 2 is 1.74 bits per heavy atom. The van der Waals surface area contributed by atoms with Crippen molar-refractivity contribution in [2.24, 2.45) is 10.7 Å². The molecule has 1 saturated heterocycles. The number of morpholine rings is 1. The van der Waals surface area contributed by atoms with Crippen LogP contribution in [0.1, 0.15) is 28.8 Å². The zero-order chi connectivity index (χ0) is 24.7. The fourth-order valence-corrected chi connectivity index (χ4v) is 3.39. The first-order valence-corrected chi connectivity index (χ1v) is 10.4. The van der Waals surface area contributed by atoms with E-state index in [0.29, 0.717) is 37.4 Å². The number of amides is 3. The summed E-state index contributed by atoms with van der Waals surface area (Å²) in [5.41, 5.74) is 6.51. The summed E-state index contributed by atoms with van der Waals surface area (Å²) in [6.07, 6.45) is -4.59. The van der Waals surface area contributed by atoms with Crippen LogP contribution in [0.3, 0.4) is 0 Å². The van der Waals surface area contributed by atoms with Gasteiger partial charge in [-0.3, -0.25) is 14.4 Å². The molecule has 0 spiro atoms. The zero-order valence-electron chi connectivity index (χ0n) is 18.0. The number of anilines is 1. The third kappa shape index (κ3) is 6.64. The number of carbonyl (C=O) groups excluding carboxylic acids is 3. The van der Waals surface area contributed by atoms with E-state index >= 15 is 0 Å². The molecule has 0 radical (unpaired) electrons. The molecule has 0 aromatic heterocycles. The van der Waals surface area contributed by atoms with Crippen LogP contribution < -0.4 is 11.1 Å². The van der Waals surface area contributed by atoms with Gasteiger partial charge in [-0.15, -0.1) is 0 Å². The molecule has 180 valence electrons. The normalized spacial score (nSPS) is 16.7. The lowest BCUT2D eigenvalue weighted by Crippen LogP contribution is -2.49. The van der Waals surface area contributed by atoms with Crippen LogP contribution in [0.4, 0.5) is 18.9 Å². The Morgan fingerprint density at radius 1 is 1.06 bits per heavy atom. The van der Waals surface area contributed by atoms with Crippen LogP contribution in [0.2, 0.25) is 0 Å². The lowest BCUT2D eigenvalue weighted by atomic mass is 10.1. The molecule has 34 heavy (non-hydrogen) atoms. The van der Waals surface area contributed by atoms with Gasteiger partial charge in [0.15, 0.2) is 0 Å². The van der Waals surface area contributed by atoms with E-state index in [2.05, 4.69) is 10.3 Å². The van der Waals surface area contributed by atoms with Gasteiger partial charge in [-0.25, -0.2) is 0 Å². The number of nitrogens with zero attached hydrogens (tertiary/aromatic N) is 2. The molecular formula is C23H23F3N4O4. The first-order valence-electron chi connectivity index (χ1n) is 10.4. The molecule has 1 atom stereocenters. The van der Waals surface area contributed by atoms with Crippen molar-refractivity contribution in [1.29, 1.82) is 0 Å². The maximum Gasteiger partial charge on any atom is 0.473 e. The summed E-state index contributed by atoms with van der Waals surface area (Å²) >= 11 is 0. The van der Waals surface area contributed by atoms with Crippen LogP contribution in [0.15, 0.2) is 59.6 Å². The van der Waals surface area contributed by atoms with Gasteiger partial charge >= 0.3 is 12.1 Å². The second-order valence-electron chi connectivity index (χ2n) is 7.56. The Morgan fingerprint density at radius 3 is 2.38 bits per heavy atom. The van der Waals surface area contributed by atoms with Crippen LogP contribution in [-0.4, -0.2) is 60.4 Å². The highest BCUT2D eigenvalue weighted by molar-refractivity contribution is 6.05. The molecule has 1 unspecified atom stereocenters. The van der Waals surface area contributed by atoms with Crippen LogP contribution in [0.5, 0.6) is 0 Å². The number of alkyl halides is 3. The fourth-order valence-electron chi connectivity index (χ4n) is 3.39. The van der Waals surface area contributed by atoms with Crippen LogP contribution in [-0.2, 0) is 14.3 Å². The number of ether oxygens (including phenoxy) is 1. The molecule has 8 nitrogen and oxygen atoms in total. The van der Waals surface area contributed by atoms with Gasteiger partial charge in [0, 0.05) is 29.8 Å². The SMILES string of the molecule is NC(=NC(=O)C(F)(F)F)c1ccc(NC(=O)CCC2COCCN2C(=O)c2ccccc2)cc1. The lowest BCUT2D eigenvalue weighted by Gasteiger charge is -2.35. The lowest BCUT2D eigenvalue weighted by molar-refractivity contribution is -0.169. The zero-order valence-corrected chi connectivity index (χ0v) is 18.0. The summed E-state index contributed by atoms with van der Waals surface area (Å²) < 4.78 is 42.4. The minimum Gasteiger partial charge on any atom is -0.383 e. The van der Waals surface area contributed by atoms with Gasteiger partial charge in [0.2, 0.25) is 5.91 Å². The second-order valence-corrected chi connectivity index (χ2v) is 7.56. The van der Waals surface area contributed by atoms with Gasteiger partial charge in [0.1, 0.15) is 5.84 Å². The average molecular weight is 476 g/mol. The molecule has 3 rings (SSSR count). The number of aliphatic imine (C=N–C) groups is 1. The topological polar surface area (TPSA) is 114 Å². The molecule has 1 aliphatic heterocycles. The van der Waals surface area contributed by atoms with Gasteiger partial charge in [0.05, 0.1) is 19.3 Å². The minimum atomic E-state index is -5.11. The average Bonchev–Trinajstić information content (AvgIpc) is 2.83. The Kier molecular flexibility index (Phi) is 8.00. The van der Waals surface area contributed by atoms with Crippen molar-refractivity contribution >= 4 is 29.2 Å². The Balaban J connectivity index is 1.55. The molecule has 2 aromatic carbocycles. The molecule has 1 aliphatic rings. The van der Waals surface area contributed by atoms with E-state index in [0.717, 1.165) is 0 Å². The van der Waals surface area contributed by atoms with Crippen molar-refractivity contribution in [1.82, 2.24) is 4.90 Å². The highest BCUT2D eigenvalue weighted by Gasteiger charge is 2.38. The number of nitrogens with one attached hydrogen (secondary N) is 1. The summed E-state index contributed by atoms with van der Waals surface area (Å²) in [4.78, 5) is 40.7. The highest BCUT2D eigenvalue weighted by Crippen LogP contribution is 2.19. The Labute approximate surface area is 193 Å². The van der Waals surface area contributed by atoms with E-state index in [1.165, 1.54) is 24.3 Å². The van der Waals surface area contributed by atoms with E-state index in [1.54, 1.807) is 29.2 Å². The fraction of sp³-hybridized carbons (Fsp3) is 0.304. The minimum absolute atomic E-state index is 0.102. The van der Waals surface area contributed by atoms with E-state index in [9.17, 15) is 27.6 Å². The Hall–Kier alpha value is -3.73. The standard InChI is InChI=1S/C23H23F3N4O4/c24-23(25,26)22(33)29-20(27)15-6-8-17(9-7-15)28-19(31)11-10-18-14-34-13-12-30(18)21(32)16-4-2-1-3-5-16/h1-9,18H,10-14H2,(H,28,31)(H2,27,29,33). The van der Waals surface area contributed by atoms with E-state index < -0.39 is 17.9 Å². The largest absolute Gasteiger partial charge is 0.473 e. The van der Waals surface area contributed by atoms with E-state index in [-0.39, 0.29) is 29.8 Å². The van der Waals surface area contributed by atoms with Crippen molar-refractivity contribution in [2.75, 3.05) is 25.1 Å². The smallest absolute Gasteiger partial charge is 0.383 e. The molecule has 3 N–H and O–H groups in total. The molecule has 11 heteroatoms. The van der Waals surface area contributed by atoms with Crippen molar-refractivity contribution in [3.05, 3.63) is 65.7 Å². The van der Waals surface area contributed by atoms with Crippen molar-refractivity contribution in [3.63, 3.8) is 0 Å². The molecule has 0 bridgehead atoms. The number of benzene rings is 2. The molecule has 3 amide bonds. The first kappa shape index (κ1) is 24.9. The van der Waals surface area contributed by atoms with Crippen molar-refractivity contribution in [3.8, 4) is 0 Å². The third-order valence-corrected chi connectivity index (χ3v) is 5.14. The highest BCUT2D eigenvalue weighted by atomic mass is 19.4. The predicted molar refractivity (Wildman–Crippen MR) is 118 cm³/mol. The second kappa shape index (κ2) is 10.9. The quantitative estimate of drug-likeness (QED) is 0.492. The summed E-state index contributed by atoms with van der Waals surface area (Å²) in [6.45, 7) is 1.19. The number of nitrogens with two attached hydrogens (primary N) is 1. The molecule has 0 saturated carbocycles. The van der Waals surface area contributed by atoms with Gasteiger partial charge in [0.25, 0.3) is 5.91 Å². The number of hydrogen-bond acceptors (Lipinski definition) is 4. The Bertz CT molecular complexity index is 1060. The first-order chi connectivity index (χ1) is 16.1. The third-order valence-electron chi connectivity index (χ3n) is 5.14. The van der Waals surface area contributed by atoms with Gasteiger partial charge in [-0.2, -0.15) is 18.2 Å². The van der Waals surface area contributed by atoms with Gasteiger partial charge in [-0.05, 0) is 42.8 Å². The molecule has 2 aromatic rings.